The maximum atomic E-state index is 12.8. The summed E-state index contributed by atoms with van der Waals surface area (Å²) in [6.45, 7) is 1.88. The van der Waals surface area contributed by atoms with Crippen molar-refractivity contribution in [3.05, 3.63) is 60.2 Å². The van der Waals surface area contributed by atoms with E-state index >= 15 is 0 Å². The highest BCUT2D eigenvalue weighted by Crippen LogP contribution is 2.41. The number of aliphatic carboxylic acids is 1. The van der Waals surface area contributed by atoms with Crippen LogP contribution in [0, 0.1) is 6.92 Å². The molecule has 0 atom stereocenters. The zero-order chi connectivity index (χ0) is 20.3. The normalized spacial score (nSPS) is 11.4. The fourth-order valence-corrected chi connectivity index (χ4v) is 4.66. The molecule has 0 fully saturated rings. The summed E-state index contributed by atoms with van der Waals surface area (Å²) < 4.78 is 33.8. The van der Waals surface area contributed by atoms with Crippen LogP contribution in [0.1, 0.15) is 5.56 Å². The van der Waals surface area contributed by atoms with Crippen LogP contribution in [0.15, 0.2) is 64.4 Å². The van der Waals surface area contributed by atoms with Gasteiger partial charge in [0, 0.05) is 10.8 Å². The van der Waals surface area contributed by atoms with E-state index in [-0.39, 0.29) is 10.6 Å². The Bertz CT molecular complexity index is 1130. The molecule has 3 rings (SSSR count). The van der Waals surface area contributed by atoms with Gasteiger partial charge < -0.3 is 9.84 Å². The fraction of sp³-hybridized carbons (Fsp3) is 0.150. The van der Waals surface area contributed by atoms with Gasteiger partial charge in [0.2, 0.25) is 0 Å². The number of ether oxygens (including phenoxy) is 1. The van der Waals surface area contributed by atoms with Gasteiger partial charge in [-0.05, 0) is 25.1 Å². The molecule has 0 aliphatic heterocycles. The molecule has 0 bridgehead atoms. The van der Waals surface area contributed by atoms with Crippen LogP contribution >= 0.6 is 11.8 Å². The third kappa shape index (κ3) is 4.23. The number of methoxy groups -OCH3 is 1. The van der Waals surface area contributed by atoms with Crippen molar-refractivity contribution in [3.63, 3.8) is 0 Å². The first-order valence-electron chi connectivity index (χ1n) is 8.35. The fourth-order valence-electron chi connectivity index (χ4n) is 2.79. The Labute approximate surface area is 167 Å². The summed E-state index contributed by atoms with van der Waals surface area (Å²) in [7, 11) is -2.30. The number of rotatable bonds is 7. The first-order valence-corrected chi connectivity index (χ1v) is 10.8. The maximum absolute atomic E-state index is 12.8. The molecular weight excluding hydrogens is 398 g/mol. The molecule has 2 N–H and O–H groups in total. The van der Waals surface area contributed by atoms with Crippen molar-refractivity contribution in [2.45, 2.75) is 16.7 Å². The first kappa shape index (κ1) is 20.0. The van der Waals surface area contributed by atoms with Crippen LogP contribution in [0.3, 0.4) is 0 Å². The molecule has 3 aromatic rings. The van der Waals surface area contributed by atoms with Gasteiger partial charge in [0.1, 0.15) is 5.75 Å². The van der Waals surface area contributed by atoms with E-state index < -0.39 is 16.0 Å². The van der Waals surface area contributed by atoms with Crippen molar-refractivity contribution < 1.29 is 23.1 Å². The number of aryl methyl sites for hydroxylation is 1. The number of fused-ring (bicyclic) bond motifs is 1. The van der Waals surface area contributed by atoms with Crippen LogP contribution in [0.2, 0.25) is 0 Å². The number of thioether (sulfide) groups is 1. The molecule has 0 aliphatic carbocycles. The van der Waals surface area contributed by atoms with E-state index in [2.05, 4.69) is 4.72 Å². The molecule has 146 valence electrons. The first-order chi connectivity index (χ1) is 13.3. The lowest BCUT2D eigenvalue weighted by molar-refractivity contribution is -0.133. The molecule has 3 aromatic carbocycles. The second kappa shape index (κ2) is 8.12. The highest BCUT2D eigenvalue weighted by atomic mass is 32.2. The Morgan fingerprint density at radius 3 is 2.36 bits per heavy atom. The standard InChI is InChI=1S/C20H19NO5S2/c1-13-7-9-14(10-8-13)28(24,25)21-17-11-18(27-12-19(22)23)20(26-2)16-6-4-3-5-15(16)17/h3-11,21H,12H2,1-2H3,(H,22,23). The maximum Gasteiger partial charge on any atom is 0.313 e. The molecule has 0 aromatic heterocycles. The minimum Gasteiger partial charge on any atom is -0.495 e. The van der Waals surface area contributed by atoms with Crippen LogP contribution in [0.25, 0.3) is 10.8 Å². The van der Waals surface area contributed by atoms with Crippen LogP contribution in [0.4, 0.5) is 5.69 Å². The molecule has 0 saturated heterocycles. The molecule has 0 unspecified atom stereocenters. The number of carboxylic acids is 1. The highest BCUT2D eigenvalue weighted by Gasteiger charge is 2.19. The topological polar surface area (TPSA) is 92.7 Å². The summed E-state index contributed by atoms with van der Waals surface area (Å²) in [5.41, 5.74) is 1.33. The number of hydrogen-bond acceptors (Lipinski definition) is 5. The average molecular weight is 418 g/mol. The van der Waals surface area contributed by atoms with E-state index in [0.29, 0.717) is 27.1 Å². The third-order valence-electron chi connectivity index (χ3n) is 4.09. The van der Waals surface area contributed by atoms with Crippen molar-refractivity contribution in [1.29, 1.82) is 0 Å². The van der Waals surface area contributed by atoms with Crippen molar-refractivity contribution in [1.82, 2.24) is 0 Å². The summed E-state index contributed by atoms with van der Waals surface area (Å²) in [5, 5.41) is 10.4. The Balaban J connectivity index is 2.11. The van der Waals surface area contributed by atoms with Gasteiger partial charge in [-0.2, -0.15) is 0 Å². The molecule has 28 heavy (non-hydrogen) atoms. The Kier molecular flexibility index (Phi) is 5.81. The number of hydrogen-bond donors (Lipinski definition) is 2. The SMILES string of the molecule is COc1c(SCC(=O)O)cc(NS(=O)(=O)c2ccc(C)cc2)c2ccccc12. The number of carbonyl (C=O) groups is 1. The number of carboxylic acid groups (broad SMARTS) is 1. The molecule has 6 nitrogen and oxygen atoms in total. The number of benzene rings is 3. The van der Waals surface area contributed by atoms with Crippen LogP contribution in [0.5, 0.6) is 5.75 Å². The molecule has 8 heteroatoms. The Morgan fingerprint density at radius 1 is 1.11 bits per heavy atom. The molecule has 0 aliphatic rings. The second-order valence-electron chi connectivity index (χ2n) is 6.10. The summed E-state index contributed by atoms with van der Waals surface area (Å²) in [6.07, 6.45) is 0. The zero-order valence-electron chi connectivity index (χ0n) is 15.3. The smallest absolute Gasteiger partial charge is 0.313 e. The second-order valence-corrected chi connectivity index (χ2v) is 8.80. The third-order valence-corrected chi connectivity index (χ3v) is 6.48. The number of anilines is 1. The van der Waals surface area contributed by atoms with E-state index in [9.17, 15) is 13.2 Å². The van der Waals surface area contributed by atoms with Gasteiger partial charge >= 0.3 is 5.97 Å². The predicted octanol–water partition coefficient (Wildman–Crippen LogP) is 4.13. The van der Waals surface area contributed by atoms with Crippen LogP contribution < -0.4 is 9.46 Å². The lowest BCUT2D eigenvalue weighted by Gasteiger charge is -2.16. The van der Waals surface area contributed by atoms with Crippen molar-refractivity contribution >= 4 is 44.2 Å². The summed E-state index contributed by atoms with van der Waals surface area (Å²) in [5.74, 6) is -0.624. The molecule has 0 amide bonds. The van der Waals surface area contributed by atoms with E-state index in [4.69, 9.17) is 9.84 Å². The summed E-state index contributed by atoms with van der Waals surface area (Å²) >= 11 is 1.07. The number of nitrogens with one attached hydrogen (secondary N) is 1. The van der Waals surface area contributed by atoms with Crippen molar-refractivity contribution in [3.8, 4) is 5.75 Å². The van der Waals surface area contributed by atoms with Gasteiger partial charge in [-0.15, -0.1) is 11.8 Å². The summed E-state index contributed by atoms with van der Waals surface area (Å²) in [6, 6.07) is 15.4. The van der Waals surface area contributed by atoms with Crippen LogP contribution in [-0.4, -0.2) is 32.4 Å². The van der Waals surface area contributed by atoms with Gasteiger partial charge in [-0.1, -0.05) is 42.0 Å². The Morgan fingerprint density at radius 2 is 1.75 bits per heavy atom. The molecule has 0 heterocycles. The molecular formula is C20H19NO5S2. The van der Waals surface area contributed by atoms with E-state index in [1.165, 1.54) is 7.11 Å². The molecule has 0 saturated carbocycles. The monoisotopic (exact) mass is 417 g/mol. The van der Waals surface area contributed by atoms with Crippen molar-refractivity contribution in [2.24, 2.45) is 0 Å². The van der Waals surface area contributed by atoms with Gasteiger partial charge in [-0.25, -0.2) is 8.42 Å². The van der Waals surface area contributed by atoms with Gasteiger partial charge in [-0.3, -0.25) is 9.52 Å². The minimum atomic E-state index is -3.81. The average Bonchev–Trinajstić information content (AvgIpc) is 2.66. The molecule has 0 radical (unpaired) electrons. The number of sulfonamides is 1. The van der Waals surface area contributed by atoms with Crippen LogP contribution in [-0.2, 0) is 14.8 Å². The lowest BCUT2D eigenvalue weighted by atomic mass is 10.1. The minimum absolute atomic E-state index is 0.151. The zero-order valence-corrected chi connectivity index (χ0v) is 16.9. The predicted molar refractivity (Wildman–Crippen MR) is 111 cm³/mol. The Hall–Kier alpha value is -2.71. The largest absolute Gasteiger partial charge is 0.495 e. The van der Waals surface area contributed by atoms with Gasteiger partial charge in [0.05, 0.1) is 28.3 Å². The lowest BCUT2D eigenvalue weighted by Crippen LogP contribution is -2.13. The summed E-state index contributed by atoms with van der Waals surface area (Å²) in [4.78, 5) is 11.7. The van der Waals surface area contributed by atoms with Gasteiger partial charge in [0.25, 0.3) is 10.0 Å². The highest BCUT2D eigenvalue weighted by molar-refractivity contribution is 8.00. The van der Waals surface area contributed by atoms with Gasteiger partial charge in [0.15, 0.2) is 0 Å². The van der Waals surface area contributed by atoms with E-state index in [0.717, 1.165) is 17.3 Å². The van der Waals surface area contributed by atoms with E-state index in [1.807, 2.05) is 19.1 Å². The van der Waals surface area contributed by atoms with Crippen molar-refractivity contribution in [2.75, 3.05) is 17.6 Å². The molecule has 0 spiro atoms. The quantitative estimate of drug-likeness (QED) is 0.562. The van der Waals surface area contributed by atoms with E-state index in [1.54, 1.807) is 42.5 Å².